The van der Waals surface area contributed by atoms with Crippen LogP contribution in [-0.2, 0) is 0 Å². The summed E-state index contributed by atoms with van der Waals surface area (Å²) in [6.07, 6.45) is -0.782. The van der Waals surface area contributed by atoms with Gasteiger partial charge in [0.05, 0.1) is 17.7 Å². The number of aryl methyl sites for hydroxylation is 2. The van der Waals surface area contributed by atoms with Gasteiger partial charge in [0.2, 0.25) is 0 Å². The van der Waals surface area contributed by atoms with E-state index in [1.807, 2.05) is 37.3 Å². The normalized spacial score (nSPS) is 13.5. The molecule has 166 valence electrons. The Hall–Kier alpha value is -3.31. The first-order valence-corrected chi connectivity index (χ1v) is 11.1. The molecular formula is C27H31N3O2. The largest absolute Gasteiger partial charge is 0.386 e. The fourth-order valence-corrected chi connectivity index (χ4v) is 4.64. The molecule has 0 fully saturated rings. The van der Waals surface area contributed by atoms with Crippen LogP contribution in [0.2, 0.25) is 0 Å². The average Bonchev–Trinajstić information content (AvgIpc) is 3.10. The number of benzene rings is 3. The van der Waals surface area contributed by atoms with E-state index in [0.29, 0.717) is 6.04 Å². The van der Waals surface area contributed by atoms with Gasteiger partial charge < -0.3 is 20.3 Å². The molecule has 0 unspecified atom stereocenters. The van der Waals surface area contributed by atoms with E-state index in [0.717, 1.165) is 27.8 Å². The van der Waals surface area contributed by atoms with Crippen molar-refractivity contribution in [2.24, 2.45) is 0 Å². The number of rotatable bonds is 5. The van der Waals surface area contributed by atoms with Gasteiger partial charge in [0.15, 0.2) is 0 Å². The summed E-state index contributed by atoms with van der Waals surface area (Å²) in [4.78, 5) is 12.8. The number of nitrogens with zero attached hydrogens (tertiary/aromatic N) is 1. The summed E-state index contributed by atoms with van der Waals surface area (Å²) in [6.45, 7) is 10.3. The van der Waals surface area contributed by atoms with Crippen LogP contribution in [-0.4, -0.2) is 21.7 Å². The van der Waals surface area contributed by atoms with E-state index in [4.69, 9.17) is 0 Å². The summed E-state index contributed by atoms with van der Waals surface area (Å²) in [5, 5.41) is 18.9. The van der Waals surface area contributed by atoms with Gasteiger partial charge in [-0.1, -0.05) is 48.5 Å². The van der Waals surface area contributed by atoms with Crippen molar-refractivity contribution < 1.29 is 9.90 Å². The van der Waals surface area contributed by atoms with Crippen molar-refractivity contribution >= 4 is 33.5 Å². The summed E-state index contributed by atoms with van der Waals surface area (Å²) >= 11 is 0. The Kier molecular flexibility index (Phi) is 5.94. The molecule has 1 heterocycles. The van der Waals surface area contributed by atoms with Crippen molar-refractivity contribution in [1.82, 2.24) is 9.88 Å². The van der Waals surface area contributed by atoms with Gasteiger partial charge in [-0.25, -0.2) is 4.79 Å². The Bertz CT molecular complexity index is 1270. The van der Waals surface area contributed by atoms with E-state index in [9.17, 15) is 9.90 Å². The number of carbonyl (C=O) groups excluding carboxylic acids is 1. The van der Waals surface area contributed by atoms with Crippen LogP contribution < -0.4 is 10.6 Å². The summed E-state index contributed by atoms with van der Waals surface area (Å²) < 4.78 is 2.35. The molecule has 0 saturated heterocycles. The Balaban J connectivity index is 1.66. The summed E-state index contributed by atoms with van der Waals surface area (Å²) in [7, 11) is 0. The Morgan fingerprint density at radius 3 is 2.28 bits per heavy atom. The molecule has 3 N–H and O–H groups in total. The lowest BCUT2D eigenvalue weighted by Crippen LogP contribution is -2.40. The third-order valence-corrected chi connectivity index (χ3v) is 6.17. The Labute approximate surface area is 189 Å². The maximum absolute atomic E-state index is 12.8. The molecular weight excluding hydrogens is 398 g/mol. The lowest BCUT2D eigenvalue weighted by atomic mass is 10.0. The number of carbonyl (C=O) groups is 1. The zero-order valence-corrected chi connectivity index (χ0v) is 19.3. The number of aliphatic hydroxyl groups excluding tert-OH is 1. The van der Waals surface area contributed by atoms with Gasteiger partial charge in [-0.2, -0.15) is 0 Å². The second-order valence-corrected chi connectivity index (χ2v) is 8.81. The van der Waals surface area contributed by atoms with Crippen LogP contribution in [0.15, 0.2) is 60.7 Å². The Morgan fingerprint density at radius 1 is 0.938 bits per heavy atom. The third-order valence-electron chi connectivity index (χ3n) is 6.17. The number of para-hydroxylation sites is 1. The highest BCUT2D eigenvalue weighted by Crippen LogP contribution is 2.38. The molecule has 4 rings (SSSR count). The maximum atomic E-state index is 12.8. The number of amides is 2. The van der Waals surface area contributed by atoms with Crippen LogP contribution in [0.5, 0.6) is 0 Å². The first-order chi connectivity index (χ1) is 15.3. The van der Waals surface area contributed by atoms with Crippen molar-refractivity contribution in [2.75, 3.05) is 5.32 Å². The molecule has 3 aromatic carbocycles. The third kappa shape index (κ3) is 3.84. The van der Waals surface area contributed by atoms with Gasteiger partial charge >= 0.3 is 6.03 Å². The standard InChI is InChI=1S/C27H31N3O2/c1-16(2)30-22-14-10-9-13-21(22)24-18(4)25(17(3)15-23(24)30)29-27(32)28-19(5)26(31)20-11-7-6-8-12-20/h6-16,19,26,31H,1-5H3,(H2,28,29,32)/t19-,26-/m1/s1. The summed E-state index contributed by atoms with van der Waals surface area (Å²) in [5.74, 6) is 0. The van der Waals surface area contributed by atoms with Crippen molar-refractivity contribution in [3.8, 4) is 0 Å². The lowest BCUT2D eigenvalue weighted by Gasteiger charge is -2.22. The molecule has 0 saturated carbocycles. The van der Waals surface area contributed by atoms with Crippen molar-refractivity contribution in [3.05, 3.63) is 77.4 Å². The monoisotopic (exact) mass is 429 g/mol. The van der Waals surface area contributed by atoms with E-state index >= 15 is 0 Å². The summed E-state index contributed by atoms with van der Waals surface area (Å²) in [6, 6.07) is 19.5. The van der Waals surface area contributed by atoms with Crippen molar-refractivity contribution in [2.45, 2.75) is 52.8 Å². The molecule has 0 aliphatic carbocycles. The van der Waals surface area contributed by atoms with Crippen LogP contribution in [0, 0.1) is 13.8 Å². The highest BCUT2D eigenvalue weighted by Gasteiger charge is 2.21. The molecule has 5 heteroatoms. The maximum Gasteiger partial charge on any atom is 0.319 e. The number of fused-ring (bicyclic) bond motifs is 3. The minimum atomic E-state index is -0.782. The minimum absolute atomic E-state index is 0.318. The topological polar surface area (TPSA) is 66.3 Å². The second kappa shape index (κ2) is 8.67. The van der Waals surface area contributed by atoms with Crippen molar-refractivity contribution in [1.29, 1.82) is 0 Å². The number of hydrogen-bond acceptors (Lipinski definition) is 2. The predicted octanol–water partition coefficient (Wildman–Crippen LogP) is 6.24. The fraction of sp³-hybridized carbons (Fsp3) is 0.296. The lowest BCUT2D eigenvalue weighted by molar-refractivity contribution is 0.139. The number of hydrogen-bond donors (Lipinski definition) is 3. The van der Waals surface area contributed by atoms with E-state index in [1.54, 1.807) is 6.92 Å². The van der Waals surface area contributed by atoms with Gasteiger partial charge in [0.1, 0.15) is 0 Å². The number of nitrogens with one attached hydrogen (secondary N) is 2. The summed E-state index contributed by atoms with van der Waals surface area (Å²) in [5.41, 5.74) is 6.00. The van der Waals surface area contributed by atoms with E-state index in [-0.39, 0.29) is 6.03 Å². The molecule has 1 aromatic heterocycles. The molecule has 2 atom stereocenters. The highest BCUT2D eigenvalue weighted by molar-refractivity contribution is 6.12. The quantitative estimate of drug-likeness (QED) is 0.352. The van der Waals surface area contributed by atoms with Crippen LogP contribution in [0.1, 0.15) is 49.6 Å². The Morgan fingerprint density at radius 2 is 1.59 bits per heavy atom. The number of aliphatic hydroxyl groups is 1. The van der Waals surface area contributed by atoms with Gasteiger partial charge in [-0.15, -0.1) is 0 Å². The van der Waals surface area contributed by atoms with Crippen LogP contribution in [0.3, 0.4) is 0 Å². The SMILES string of the molecule is Cc1cc2c(c(C)c1NC(=O)N[C@H](C)[C@@H](O)c1ccccc1)c1ccccc1n2C(C)C. The average molecular weight is 430 g/mol. The number of anilines is 1. The van der Waals surface area contributed by atoms with Gasteiger partial charge in [0, 0.05) is 28.0 Å². The van der Waals surface area contributed by atoms with Gasteiger partial charge in [-0.3, -0.25) is 0 Å². The minimum Gasteiger partial charge on any atom is -0.386 e. The van der Waals surface area contributed by atoms with Crippen molar-refractivity contribution in [3.63, 3.8) is 0 Å². The zero-order valence-electron chi connectivity index (χ0n) is 19.3. The second-order valence-electron chi connectivity index (χ2n) is 8.81. The van der Waals surface area contributed by atoms with E-state index < -0.39 is 12.1 Å². The smallest absolute Gasteiger partial charge is 0.319 e. The fourth-order valence-electron chi connectivity index (χ4n) is 4.64. The zero-order chi connectivity index (χ0) is 23.0. The van der Waals surface area contributed by atoms with Gasteiger partial charge in [-0.05, 0) is 63.4 Å². The van der Waals surface area contributed by atoms with E-state index in [1.165, 1.54) is 16.4 Å². The van der Waals surface area contributed by atoms with Crippen LogP contribution in [0.25, 0.3) is 21.8 Å². The molecule has 0 aliphatic rings. The van der Waals surface area contributed by atoms with Crippen LogP contribution in [0.4, 0.5) is 10.5 Å². The molecule has 0 bridgehead atoms. The number of urea groups is 1. The first-order valence-electron chi connectivity index (χ1n) is 11.1. The molecule has 0 spiro atoms. The molecule has 2 amide bonds. The molecule has 4 aromatic rings. The first kappa shape index (κ1) is 21.9. The van der Waals surface area contributed by atoms with Gasteiger partial charge in [0.25, 0.3) is 0 Å². The molecule has 0 radical (unpaired) electrons. The van der Waals surface area contributed by atoms with E-state index in [2.05, 4.69) is 66.3 Å². The molecule has 5 nitrogen and oxygen atoms in total. The highest BCUT2D eigenvalue weighted by atomic mass is 16.3. The van der Waals surface area contributed by atoms with Crippen LogP contribution >= 0.6 is 0 Å². The number of aromatic nitrogens is 1. The predicted molar refractivity (Wildman–Crippen MR) is 132 cm³/mol. The molecule has 0 aliphatic heterocycles. The molecule has 32 heavy (non-hydrogen) atoms.